The quantitative estimate of drug-likeness (QED) is 0.602. The molecule has 0 fully saturated rings. The minimum absolute atomic E-state index is 0.175. The van der Waals surface area contributed by atoms with Crippen LogP contribution in [0.1, 0.15) is 35.3 Å². The summed E-state index contributed by atoms with van der Waals surface area (Å²) < 4.78 is 16.2. The molecule has 0 spiro atoms. The second-order valence-corrected chi connectivity index (χ2v) is 6.02. The summed E-state index contributed by atoms with van der Waals surface area (Å²) in [5.41, 5.74) is 2.50. The van der Waals surface area contributed by atoms with Gasteiger partial charge in [0, 0.05) is 6.07 Å². The number of carbonyl (C=O) groups is 2. The highest BCUT2D eigenvalue weighted by Gasteiger charge is 2.28. The lowest BCUT2D eigenvalue weighted by molar-refractivity contribution is -0.150. The van der Waals surface area contributed by atoms with Crippen molar-refractivity contribution in [3.63, 3.8) is 0 Å². The highest BCUT2D eigenvalue weighted by Crippen LogP contribution is 2.35. The fourth-order valence-electron chi connectivity index (χ4n) is 2.57. The number of ether oxygens (including phenoxy) is 3. The lowest BCUT2D eigenvalue weighted by Gasteiger charge is -2.13. The smallest absolute Gasteiger partial charge is 0.347 e. The zero-order valence-corrected chi connectivity index (χ0v) is 14.9. The molecule has 5 nitrogen and oxygen atoms in total. The fraction of sp³-hybridized carbons (Fsp3) is 0.238. The highest BCUT2D eigenvalue weighted by molar-refractivity contribution is 6.14. The molecule has 0 unspecified atom stereocenters. The molecule has 1 atom stereocenters. The Hall–Kier alpha value is -3.08. The zero-order chi connectivity index (χ0) is 18.7. The van der Waals surface area contributed by atoms with Crippen LogP contribution in [0.2, 0.25) is 0 Å². The second-order valence-electron chi connectivity index (χ2n) is 6.02. The summed E-state index contributed by atoms with van der Waals surface area (Å²) in [7, 11) is 0. The Morgan fingerprint density at radius 2 is 1.92 bits per heavy atom. The number of hydrogen-bond donors (Lipinski definition) is 0. The number of fused-ring (bicyclic) bond motifs is 1. The van der Waals surface area contributed by atoms with Crippen LogP contribution < -0.4 is 9.47 Å². The minimum atomic E-state index is -0.743. The largest absolute Gasteiger partial charge is 0.479 e. The van der Waals surface area contributed by atoms with Crippen molar-refractivity contribution in [1.29, 1.82) is 0 Å². The number of carbonyl (C=O) groups excluding carboxylic acids is 2. The van der Waals surface area contributed by atoms with Gasteiger partial charge in [-0.1, -0.05) is 29.8 Å². The molecule has 0 amide bonds. The molecular formula is C21H20O5. The maximum Gasteiger partial charge on any atom is 0.347 e. The number of benzene rings is 2. The molecule has 1 aliphatic rings. The molecule has 134 valence electrons. The van der Waals surface area contributed by atoms with Gasteiger partial charge in [-0.3, -0.25) is 4.79 Å². The number of allylic oxidation sites excluding steroid dienone is 1. The third-order valence-electron chi connectivity index (χ3n) is 3.95. The summed E-state index contributed by atoms with van der Waals surface area (Å²) >= 11 is 0. The van der Waals surface area contributed by atoms with Crippen molar-refractivity contribution in [2.75, 3.05) is 6.61 Å². The standard InChI is InChI=1S/C21H20O5/c1-4-24-21(23)14(3)25-16-9-10-17-18(12-16)26-19(20(17)22)11-15-7-5-13(2)6-8-15/h5-12,14H,4H2,1-3H3/t14-/m0/s1. The van der Waals surface area contributed by atoms with E-state index in [4.69, 9.17) is 14.2 Å². The van der Waals surface area contributed by atoms with Gasteiger partial charge in [-0.25, -0.2) is 4.79 Å². The van der Waals surface area contributed by atoms with Crippen molar-refractivity contribution in [2.24, 2.45) is 0 Å². The summed E-state index contributed by atoms with van der Waals surface area (Å²) in [6, 6.07) is 12.7. The van der Waals surface area contributed by atoms with Gasteiger partial charge in [0.2, 0.25) is 5.78 Å². The van der Waals surface area contributed by atoms with E-state index in [1.807, 2.05) is 31.2 Å². The van der Waals surface area contributed by atoms with Crippen LogP contribution in [0.3, 0.4) is 0 Å². The Morgan fingerprint density at radius 3 is 2.62 bits per heavy atom. The first-order valence-electron chi connectivity index (χ1n) is 8.46. The van der Waals surface area contributed by atoms with Gasteiger partial charge in [0.05, 0.1) is 12.2 Å². The molecule has 26 heavy (non-hydrogen) atoms. The van der Waals surface area contributed by atoms with Crippen LogP contribution in [0.4, 0.5) is 0 Å². The third-order valence-corrected chi connectivity index (χ3v) is 3.95. The van der Waals surface area contributed by atoms with Crippen LogP contribution in [-0.2, 0) is 9.53 Å². The lowest BCUT2D eigenvalue weighted by atomic mass is 10.1. The molecule has 0 saturated carbocycles. The van der Waals surface area contributed by atoms with Gasteiger partial charge in [0.1, 0.15) is 11.5 Å². The first-order valence-corrected chi connectivity index (χ1v) is 8.46. The number of ketones is 1. The Labute approximate surface area is 152 Å². The fourth-order valence-corrected chi connectivity index (χ4v) is 2.57. The first kappa shape index (κ1) is 17.7. The van der Waals surface area contributed by atoms with E-state index in [1.54, 1.807) is 38.1 Å². The van der Waals surface area contributed by atoms with Gasteiger partial charge in [0.15, 0.2) is 11.9 Å². The molecule has 1 heterocycles. The lowest BCUT2D eigenvalue weighted by Crippen LogP contribution is -2.26. The van der Waals surface area contributed by atoms with E-state index >= 15 is 0 Å². The van der Waals surface area contributed by atoms with Gasteiger partial charge in [-0.2, -0.15) is 0 Å². The SMILES string of the molecule is CCOC(=O)[C@H](C)Oc1ccc2c(c1)OC(=Cc1ccc(C)cc1)C2=O. The number of hydrogen-bond acceptors (Lipinski definition) is 5. The average Bonchev–Trinajstić information content (AvgIpc) is 2.92. The van der Waals surface area contributed by atoms with Crippen LogP contribution >= 0.6 is 0 Å². The van der Waals surface area contributed by atoms with Gasteiger partial charge in [0.25, 0.3) is 0 Å². The van der Waals surface area contributed by atoms with Crippen molar-refractivity contribution in [2.45, 2.75) is 26.9 Å². The molecule has 0 saturated heterocycles. The van der Waals surface area contributed by atoms with E-state index in [0.29, 0.717) is 23.7 Å². The minimum Gasteiger partial charge on any atom is -0.479 e. The van der Waals surface area contributed by atoms with Crippen molar-refractivity contribution in [1.82, 2.24) is 0 Å². The number of Topliss-reactive ketones (excluding diaryl/α,β-unsaturated/α-hetero) is 1. The molecule has 0 N–H and O–H groups in total. The molecule has 0 aromatic heterocycles. The van der Waals surface area contributed by atoms with Crippen LogP contribution in [0.25, 0.3) is 6.08 Å². The Bertz CT molecular complexity index is 864. The van der Waals surface area contributed by atoms with Crippen molar-refractivity contribution >= 4 is 17.8 Å². The first-order chi connectivity index (χ1) is 12.5. The normalized spacial score (nSPS) is 15.3. The molecule has 1 aliphatic heterocycles. The van der Waals surface area contributed by atoms with E-state index in [1.165, 1.54) is 0 Å². The summed E-state index contributed by atoms with van der Waals surface area (Å²) in [6.45, 7) is 5.64. The molecule has 0 aliphatic carbocycles. The molecule has 2 aromatic carbocycles. The monoisotopic (exact) mass is 352 g/mol. The van der Waals surface area contributed by atoms with Crippen LogP contribution in [0, 0.1) is 6.92 Å². The van der Waals surface area contributed by atoms with E-state index in [9.17, 15) is 9.59 Å². The van der Waals surface area contributed by atoms with Crippen molar-refractivity contribution < 1.29 is 23.8 Å². The Kier molecular flexibility index (Phi) is 5.07. The summed E-state index contributed by atoms with van der Waals surface area (Å²) in [5.74, 6) is 0.505. The number of esters is 1. The summed E-state index contributed by atoms with van der Waals surface area (Å²) in [5, 5.41) is 0. The van der Waals surface area contributed by atoms with Gasteiger partial charge >= 0.3 is 5.97 Å². The predicted octanol–water partition coefficient (Wildman–Crippen LogP) is 3.94. The molecule has 0 bridgehead atoms. The average molecular weight is 352 g/mol. The maximum atomic E-state index is 12.5. The van der Waals surface area contributed by atoms with E-state index in [2.05, 4.69) is 0 Å². The molecule has 5 heteroatoms. The highest BCUT2D eigenvalue weighted by atomic mass is 16.6. The van der Waals surface area contributed by atoms with Gasteiger partial charge < -0.3 is 14.2 Å². The van der Waals surface area contributed by atoms with Crippen molar-refractivity contribution in [3.05, 3.63) is 64.9 Å². The van der Waals surface area contributed by atoms with Crippen LogP contribution in [-0.4, -0.2) is 24.5 Å². The topological polar surface area (TPSA) is 61.8 Å². The van der Waals surface area contributed by atoms with Crippen LogP contribution in [0.5, 0.6) is 11.5 Å². The van der Waals surface area contributed by atoms with E-state index in [0.717, 1.165) is 11.1 Å². The summed E-state index contributed by atoms with van der Waals surface area (Å²) in [4.78, 5) is 24.2. The predicted molar refractivity (Wildman–Crippen MR) is 97.3 cm³/mol. The second kappa shape index (κ2) is 7.44. The summed E-state index contributed by atoms with van der Waals surface area (Å²) in [6.07, 6.45) is 0.969. The number of rotatable bonds is 5. The van der Waals surface area contributed by atoms with E-state index in [-0.39, 0.29) is 11.5 Å². The van der Waals surface area contributed by atoms with Gasteiger partial charge in [-0.15, -0.1) is 0 Å². The molecular weight excluding hydrogens is 332 g/mol. The number of aryl methyl sites for hydroxylation is 1. The van der Waals surface area contributed by atoms with Crippen LogP contribution in [0.15, 0.2) is 48.2 Å². The van der Waals surface area contributed by atoms with E-state index < -0.39 is 12.1 Å². The van der Waals surface area contributed by atoms with Crippen molar-refractivity contribution in [3.8, 4) is 11.5 Å². The molecule has 2 aromatic rings. The molecule has 0 radical (unpaired) electrons. The molecule has 3 rings (SSSR count). The zero-order valence-electron chi connectivity index (χ0n) is 14.9. The Morgan fingerprint density at radius 1 is 1.19 bits per heavy atom. The third kappa shape index (κ3) is 3.77. The van der Waals surface area contributed by atoms with Gasteiger partial charge in [-0.05, 0) is 44.5 Å². The Balaban J connectivity index is 1.77. The maximum absolute atomic E-state index is 12.5.